The molecule has 0 atom stereocenters. The molecule has 7 heteroatoms. The van der Waals surface area contributed by atoms with Gasteiger partial charge in [0.15, 0.2) is 0 Å². The fraction of sp³-hybridized carbons (Fsp3) is 0.308. The zero-order chi connectivity index (χ0) is 23.2. The average Bonchev–Trinajstić information content (AvgIpc) is 3.45. The van der Waals surface area contributed by atoms with Crippen LogP contribution in [0.25, 0.3) is 10.9 Å². The third-order valence-corrected chi connectivity index (χ3v) is 6.92. The summed E-state index contributed by atoms with van der Waals surface area (Å²) in [5.74, 6) is 0.00248. The van der Waals surface area contributed by atoms with Crippen LogP contribution in [0, 0.1) is 0 Å². The predicted octanol–water partition coefficient (Wildman–Crippen LogP) is 6.00. The number of thiazole rings is 1. The summed E-state index contributed by atoms with van der Waals surface area (Å²) in [6, 6.07) is 16.4. The summed E-state index contributed by atoms with van der Waals surface area (Å²) in [5.41, 5.74) is 4.17. The molecule has 0 unspecified atom stereocenters. The zero-order valence-corrected chi connectivity index (χ0v) is 20.6. The smallest absolute Gasteiger partial charge is 0.273 e. The molecule has 0 saturated carbocycles. The molecule has 1 amide bonds. The number of halogens is 1. The topological polar surface area (TPSA) is 52.2 Å². The fourth-order valence-electron chi connectivity index (χ4n) is 4.07. The zero-order valence-electron chi connectivity index (χ0n) is 19.1. The summed E-state index contributed by atoms with van der Waals surface area (Å²) in [6.45, 7) is 7.68. The van der Waals surface area contributed by atoms with Crippen LogP contribution in [0.1, 0.15) is 40.5 Å². The van der Waals surface area contributed by atoms with Gasteiger partial charge in [-0.25, -0.2) is 4.98 Å². The Balaban J connectivity index is 1.51. The van der Waals surface area contributed by atoms with Crippen LogP contribution in [-0.4, -0.2) is 45.3 Å². The lowest BCUT2D eigenvalue weighted by Gasteiger charge is -2.21. The SMILES string of the molecule is CCN(CC)C(=O)c1csc(CN(CCc2c[nH]c3ccccc23)Cc2cccc(Cl)c2)n1. The second-order valence-corrected chi connectivity index (χ2v) is 9.43. The first-order valence-corrected chi connectivity index (χ1v) is 12.6. The molecule has 0 spiro atoms. The summed E-state index contributed by atoms with van der Waals surface area (Å²) in [6.07, 6.45) is 3.02. The van der Waals surface area contributed by atoms with Gasteiger partial charge in [0, 0.05) is 53.7 Å². The average molecular weight is 481 g/mol. The molecule has 4 rings (SSSR count). The van der Waals surface area contributed by atoms with Crippen molar-refractivity contribution in [3.8, 4) is 0 Å². The van der Waals surface area contributed by atoms with Gasteiger partial charge in [-0.3, -0.25) is 9.69 Å². The van der Waals surface area contributed by atoms with Crippen LogP contribution in [0.5, 0.6) is 0 Å². The molecule has 33 heavy (non-hydrogen) atoms. The molecule has 4 aromatic rings. The Morgan fingerprint density at radius 2 is 1.91 bits per heavy atom. The van der Waals surface area contributed by atoms with E-state index < -0.39 is 0 Å². The Bertz CT molecular complexity index is 1210. The van der Waals surface area contributed by atoms with Crippen molar-refractivity contribution >= 4 is 39.7 Å². The van der Waals surface area contributed by atoms with Gasteiger partial charge in [-0.15, -0.1) is 11.3 Å². The number of benzene rings is 2. The number of aromatic nitrogens is 2. The van der Waals surface area contributed by atoms with Crippen molar-refractivity contribution in [2.45, 2.75) is 33.4 Å². The highest BCUT2D eigenvalue weighted by atomic mass is 35.5. The number of para-hydroxylation sites is 1. The second-order valence-electron chi connectivity index (χ2n) is 8.05. The first kappa shape index (κ1) is 23.5. The maximum absolute atomic E-state index is 12.7. The monoisotopic (exact) mass is 480 g/mol. The Labute approximate surface area is 204 Å². The van der Waals surface area contributed by atoms with Crippen molar-refractivity contribution in [3.63, 3.8) is 0 Å². The molecule has 2 aromatic carbocycles. The Kier molecular flexibility index (Phi) is 7.81. The van der Waals surface area contributed by atoms with Gasteiger partial charge in [0.1, 0.15) is 10.7 Å². The quantitative estimate of drug-likeness (QED) is 0.302. The number of nitrogens with one attached hydrogen (secondary N) is 1. The van der Waals surface area contributed by atoms with Crippen molar-refractivity contribution in [1.29, 1.82) is 0 Å². The first-order valence-electron chi connectivity index (χ1n) is 11.3. The lowest BCUT2D eigenvalue weighted by atomic mass is 10.1. The molecule has 5 nitrogen and oxygen atoms in total. The number of hydrogen-bond acceptors (Lipinski definition) is 4. The number of H-pyrrole nitrogens is 1. The van der Waals surface area contributed by atoms with Crippen LogP contribution < -0.4 is 0 Å². The number of aromatic amines is 1. The highest BCUT2D eigenvalue weighted by molar-refractivity contribution is 7.09. The lowest BCUT2D eigenvalue weighted by molar-refractivity contribution is 0.0767. The maximum Gasteiger partial charge on any atom is 0.273 e. The molecular weight excluding hydrogens is 452 g/mol. The number of nitrogens with zero attached hydrogens (tertiary/aromatic N) is 3. The molecule has 0 bridgehead atoms. The van der Waals surface area contributed by atoms with Gasteiger partial charge < -0.3 is 9.88 Å². The van der Waals surface area contributed by atoms with E-state index in [-0.39, 0.29) is 5.91 Å². The van der Waals surface area contributed by atoms with Gasteiger partial charge in [-0.1, -0.05) is 41.9 Å². The van der Waals surface area contributed by atoms with Gasteiger partial charge in [0.05, 0.1) is 6.54 Å². The van der Waals surface area contributed by atoms with Crippen LogP contribution in [0.15, 0.2) is 60.1 Å². The standard InChI is InChI=1S/C26H29ClN4OS/c1-3-31(4-2)26(32)24-18-33-25(29-24)17-30(16-19-8-7-9-21(27)14-19)13-12-20-15-28-23-11-6-5-10-22(20)23/h5-11,14-15,18,28H,3-4,12-13,16-17H2,1-2H3. The Morgan fingerprint density at radius 3 is 2.70 bits per heavy atom. The van der Waals surface area contributed by atoms with Gasteiger partial charge >= 0.3 is 0 Å². The molecule has 2 aromatic heterocycles. The van der Waals surface area contributed by atoms with Crippen LogP contribution in [0.2, 0.25) is 5.02 Å². The van der Waals surface area contributed by atoms with Crippen molar-refractivity contribution < 1.29 is 4.79 Å². The van der Waals surface area contributed by atoms with E-state index in [1.54, 1.807) is 16.2 Å². The number of carbonyl (C=O) groups is 1. The molecule has 0 aliphatic heterocycles. The molecule has 172 valence electrons. The molecule has 1 N–H and O–H groups in total. The summed E-state index contributed by atoms with van der Waals surface area (Å²) < 4.78 is 0. The molecular formula is C26H29ClN4OS. The third-order valence-electron chi connectivity index (χ3n) is 5.85. The number of carbonyl (C=O) groups excluding carboxylic acids is 1. The number of fused-ring (bicyclic) bond motifs is 1. The number of rotatable bonds is 10. The highest BCUT2D eigenvalue weighted by Gasteiger charge is 2.18. The van der Waals surface area contributed by atoms with Gasteiger partial charge in [0.2, 0.25) is 0 Å². The lowest BCUT2D eigenvalue weighted by Crippen LogP contribution is -2.30. The van der Waals surface area contributed by atoms with Crippen molar-refractivity contribution in [2.24, 2.45) is 0 Å². The normalized spacial score (nSPS) is 11.4. The van der Waals surface area contributed by atoms with E-state index in [2.05, 4.69) is 45.3 Å². The minimum absolute atomic E-state index is 0.00248. The van der Waals surface area contributed by atoms with Crippen LogP contribution in [-0.2, 0) is 19.5 Å². The Morgan fingerprint density at radius 1 is 1.09 bits per heavy atom. The molecule has 0 radical (unpaired) electrons. The summed E-state index contributed by atoms with van der Waals surface area (Å²) in [5, 5.41) is 4.84. The molecule has 0 saturated heterocycles. The minimum atomic E-state index is 0.00248. The van der Waals surface area contributed by atoms with Crippen LogP contribution in [0.3, 0.4) is 0 Å². The van der Waals surface area contributed by atoms with Crippen molar-refractivity contribution in [3.05, 3.63) is 87.0 Å². The summed E-state index contributed by atoms with van der Waals surface area (Å²) in [4.78, 5) is 24.9. The molecule has 0 aliphatic rings. The van der Waals surface area contributed by atoms with Crippen LogP contribution >= 0.6 is 22.9 Å². The van der Waals surface area contributed by atoms with E-state index in [0.717, 1.165) is 40.6 Å². The largest absolute Gasteiger partial charge is 0.361 e. The van der Waals surface area contributed by atoms with E-state index in [0.29, 0.717) is 25.3 Å². The molecule has 0 fully saturated rings. The minimum Gasteiger partial charge on any atom is -0.361 e. The number of amides is 1. The number of hydrogen-bond donors (Lipinski definition) is 1. The third kappa shape index (κ3) is 5.82. The predicted molar refractivity (Wildman–Crippen MR) is 137 cm³/mol. The molecule has 0 aliphatic carbocycles. The Hall–Kier alpha value is -2.67. The van der Waals surface area contributed by atoms with Gasteiger partial charge in [-0.05, 0) is 49.6 Å². The van der Waals surface area contributed by atoms with Crippen molar-refractivity contribution in [2.75, 3.05) is 19.6 Å². The van der Waals surface area contributed by atoms with E-state index in [4.69, 9.17) is 11.6 Å². The van der Waals surface area contributed by atoms with E-state index in [1.165, 1.54) is 10.9 Å². The second kappa shape index (κ2) is 11.0. The summed E-state index contributed by atoms with van der Waals surface area (Å²) in [7, 11) is 0. The van der Waals surface area contributed by atoms with Gasteiger partial charge in [0.25, 0.3) is 5.91 Å². The summed E-state index contributed by atoms with van der Waals surface area (Å²) >= 11 is 7.78. The van der Waals surface area contributed by atoms with E-state index >= 15 is 0 Å². The molecule has 2 heterocycles. The maximum atomic E-state index is 12.7. The van der Waals surface area contributed by atoms with E-state index in [9.17, 15) is 4.79 Å². The highest BCUT2D eigenvalue weighted by Crippen LogP contribution is 2.21. The fourth-order valence-corrected chi connectivity index (χ4v) is 5.09. The van der Waals surface area contributed by atoms with E-state index in [1.807, 2.05) is 43.5 Å². The first-order chi connectivity index (χ1) is 16.1. The van der Waals surface area contributed by atoms with Crippen molar-refractivity contribution in [1.82, 2.24) is 19.8 Å². The van der Waals surface area contributed by atoms with Gasteiger partial charge in [-0.2, -0.15) is 0 Å². The van der Waals surface area contributed by atoms with Crippen LogP contribution in [0.4, 0.5) is 0 Å².